The standard InChI is InChI=1S/C16H23NO2/c1-19-15-7-5-13(6-8-15)16(18)10-9-14-4-2-3-11-17(14)12-16/h5-8,14,18H,2-4,9-12H2,1H3/t14-,16-/m0/s1. The molecule has 19 heavy (non-hydrogen) atoms. The Hall–Kier alpha value is -1.06. The molecule has 0 radical (unpaired) electrons. The molecule has 1 aromatic carbocycles. The lowest BCUT2D eigenvalue weighted by atomic mass is 9.80. The van der Waals surface area contributed by atoms with Crippen LogP contribution in [0.5, 0.6) is 5.75 Å². The van der Waals surface area contributed by atoms with Gasteiger partial charge in [0.05, 0.1) is 7.11 Å². The van der Waals surface area contributed by atoms with E-state index in [1.165, 1.54) is 19.3 Å². The molecule has 104 valence electrons. The van der Waals surface area contributed by atoms with E-state index in [1.54, 1.807) is 7.11 Å². The zero-order valence-corrected chi connectivity index (χ0v) is 11.6. The van der Waals surface area contributed by atoms with E-state index < -0.39 is 5.60 Å². The second-order valence-electron chi connectivity index (χ2n) is 5.92. The molecule has 0 aromatic heterocycles. The summed E-state index contributed by atoms with van der Waals surface area (Å²) in [6.45, 7) is 1.92. The van der Waals surface area contributed by atoms with Crippen molar-refractivity contribution < 1.29 is 9.84 Å². The first-order chi connectivity index (χ1) is 9.21. The van der Waals surface area contributed by atoms with Crippen molar-refractivity contribution in [3.8, 4) is 5.75 Å². The Morgan fingerprint density at radius 1 is 1.21 bits per heavy atom. The van der Waals surface area contributed by atoms with E-state index in [4.69, 9.17) is 4.74 Å². The fraction of sp³-hybridized carbons (Fsp3) is 0.625. The molecule has 2 atom stereocenters. The number of piperidine rings is 2. The van der Waals surface area contributed by atoms with Gasteiger partial charge in [0.1, 0.15) is 11.4 Å². The van der Waals surface area contributed by atoms with Gasteiger partial charge in [0.2, 0.25) is 0 Å². The van der Waals surface area contributed by atoms with Crippen LogP contribution in [0.25, 0.3) is 0 Å². The zero-order chi connectivity index (χ0) is 13.3. The number of hydrogen-bond donors (Lipinski definition) is 1. The van der Waals surface area contributed by atoms with Crippen LogP contribution >= 0.6 is 0 Å². The molecule has 2 aliphatic rings. The van der Waals surface area contributed by atoms with Crippen molar-refractivity contribution in [2.45, 2.75) is 43.7 Å². The molecule has 0 aliphatic carbocycles. The van der Waals surface area contributed by atoms with Crippen LogP contribution in [0.1, 0.15) is 37.7 Å². The minimum atomic E-state index is -0.680. The van der Waals surface area contributed by atoms with Gasteiger partial charge in [-0.15, -0.1) is 0 Å². The average molecular weight is 261 g/mol. The van der Waals surface area contributed by atoms with Crippen LogP contribution < -0.4 is 4.74 Å². The van der Waals surface area contributed by atoms with Crippen molar-refractivity contribution in [3.63, 3.8) is 0 Å². The van der Waals surface area contributed by atoms with E-state index in [-0.39, 0.29) is 0 Å². The maximum Gasteiger partial charge on any atom is 0.118 e. The Labute approximate surface area is 115 Å². The maximum atomic E-state index is 11.0. The maximum absolute atomic E-state index is 11.0. The number of nitrogens with zero attached hydrogens (tertiary/aromatic N) is 1. The lowest BCUT2D eigenvalue weighted by Crippen LogP contribution is -2.52. The molecular formula is C16H23NO2. The van der Waals surface area contributed by atoms with Crippen molar-refractivity contribution >= 4 is 0 Å². The van der Waals surface area contributed by atoms with E-state index in [0.29, 0.717) is 6.04 Å². The number of methoxy groups -OCH3 is 1. The quantitative estimate of drug-likeness (QED) is 0.888. The Morgan fingerprint density at radius 3 is 2.74 bits per heavy atom. The Bertz CT molecular complexity index is 431. The average Bonchev–Trinajstić information content (AvgIpc) is 2.47. The molecule has 3 heteroatoms. The van der Waals surface area contributed by atoms with E-state index in [1.807, 2.05) is 24.3 Å². The molecule has 2 fully saturated rings. The van der Waals surface area contributed by atoms with Gasteiger partial charge in [0.25, 0.3) is 0 Å². The van der Waals surface area contributed by atoms with Crippen LogP contribution in [-0.2, 0) is 5.60 Å². The van der Waals surface area contributed by atoms with Gasteiger partial charge in [-0.05, 0) is 49.9 Å². The molecule has 2 heterocycles. The Kier molecular flexibility index (Phi) is 3.50. The van der Waals surface area contributed by atoms with E-state index in [9.17, 15) is 5.11 Å². The van der Waals surface area contributed by atoms with Crippen molar-refractivity contribution in [1.82, 2.24) is 4.90 Å². The first-order valence-electron chi connectivity index (χ1n) is 7.32. The highest BCUT2D eigenvalue weighted by Gasteiger charge is 2.39. The smallest absolute Gasteiger partial charge is 0.118 e. The number of fused-ring (bicyclic) bond motifs is 1. The lowest BCUT2D eigenvalue weighted by molar-refractivity contribution is -0.0661. The predicted molar refractivity (Wildman–Crippen MR) is 75.3 cm³/mol. The summed E-state index contributed by atoms with van der Waals surface area (Å²) in [5.41, 5.74) is 0.345. The summed E-state index contributed by atoms with van der Waals surface area (Å²) in [4.78, 5) is 2.48. The molecule has 3 rings (SSSR count). The van der Waals surface area contributed by atoms with Crippen LogP contribution in [0.3, 0.4) is 0 Å². The van der Waals surface area contributed by atoms with Gasteiger partial charge in [0.15, 0.2) is 0 Å². The minimum absolute atomic E-state index is 0.680. The highest BCUT2D eigenvalue weighted by molar-refractivity contribution is 5.31. The summed E-state index contributed by atoms with van der Waals surface area (Å²) >= 11 is 0. The third kappa shape index (κ3) is 2.49. The summed E-state index contributed by atoms with van der Waals surface area (Å²) in [5.74, 6) is 0.846. The van der Waals surface area contributed by atoms with Gasteiger partial charge in [-0.2, -0.15) is 0 Å². The van der Waals surface area contributed by atoms with E-state index in [0.717, 1.165) is 37.2 Å². The van der Waals surface area contributed by atoms with Gasteiger partial charge in [-0.25, -0.2) is 0 Å². The van der Waals surface area contributed by atoms with Crippen LogP contribution in [0.15, 0.2) is 24.3 Å². The van der Waals surface area contributed by atoms with Crippen molar-refractivity contribution in [2.24, 2.45) is 0 Å². The molecule has 1 N–H and O–H groups in total. The largest absolute Gasteiger partial charge is 0.497 e. The molecule has 2 saturated heterocycles. The second-order valence-corrected chi connectivity index (χ2v) is 5.92. The Morgan fingerprint density at radius 2 is 2.00 bits per heavy atom. The first-order valence-corrected chi connectivity index (χ1v) is 7.32. The van der Waals surface area contributed by atoms with E-state index in [2.05, 4.69) is 4.90 Å². The summed E-state index contributed by atoms with van der Waals surface area (Å²) in [7, 11) is 1.67. The van der Waals surface area contributed by atoms with Gasteiger partial charge >= 0.3 is 0 Å². The van der Waals surface area contributed by atoms with Crippen molar-refractivity contribution in [1.29, 1.82) is 0 Å². The van der Waals surface area contributed by atoms with Crippen LogP contribution in [0.4, 0.5) is 0 Å². The number of benzene rings is 1. The summed E-state index contributed by atoms with van der Waals surface area (Å²) in [5, 5.41) is 11.0. The van der Waals surface area contributed by atoms with Gasteiger partial charge in [-0.1, -0.05) is 18.6 Å². The highest BCUT2D eigenvalue weighted by Crippen LogP contribution is 2.37. The number of ether oxygens (including phenoxy) is 1. The molecule has 0 spiro atoms. The number of aliphatic hydroxyl groups is 1. The fourth-order valence-corrected chi connectivity index (χ4v) is 3.55. The zero-order valence-electron chi connectivity index (χ0n) is 11.6. The number of hydrogen-bond acceptors (Lipinski definition) is 3. The minimum Gasteiger partial charge on any atom is -0.497 e. The monoisotopic (exact) mass is 261 g/mol. The molecule has 1 aromatic rings. The first kappa shape index (κ1) is 12.9. The molecule has 0 bridgehead atoms. The van der Waals surface area contributed by atoms with Crippen molar-refractivity contribution in [3.05, 3.63) is 29.8 Å². The third-order valence-electron chi connectivity index (χ3n) is 4.73. The lowest BCUT2D eigenvalue weighted by Gasteiger charge is -2.46. The molecule has 0 saturated carbocycles. The second kappa shape index (κ2) is 5.14. The van der Waals surface area contributed by atoms with Crippen molar-refractivity contribution in [2.75, 3.05) is 20.2 Å². The number of rotatable bonds is 2. The Balaban J connectivity index is 1.78. The van der Waals surface area contributed by atoms with Crippen LogP contribution in [0, 0.1) is 0 Å². The summed E-state index contributed by atoms with van der Waals surface area (Å²) in [6, 6.07) is 8.59. The molecular weight excluding hydrogens is 238 g/mol. The summed E-state index contributed by atoms with van der Waals surface area (Å²) < 4.78 is 5.18. The van der Waals surface area contributed by atoms with Crippen LogP contribution in [-0.4, -0.2) is 36.2 Å². The third-order valence-corrected chi connectivity index (χ3v) is 4.73. The SMILES string of the molecule is COc1ccc([C@]2(O)CC[C@@H]3CCCCN3C2)cc1. The predicted octanol–water partition coefficient (Wildman–Crippen LogP) is 2.53. The van der Waals surface area contributed by atoms with Crippen LogP contribution in [0.2, 0.25) is 0 Å². The normalized spacial score (nSPS) is 31.8. The van der Waals surface area contributed by atoms with Gasteiger partial charge < -0.3 is 9.84 Å². The molecule has 0 amide bonds. The van der Waals surface area contributed by atoms with Gasteiger partial charge in [0, 0.05) is 12.6 Å². The molecule has 3 nitrogen and oxygen atoms in total. The van der Waals surface area contributed by atoms with Gasteiger partial charge in [-0.3, -0.25) is 4.90 Å². The topological polar surface area (TPSA) is 32.7 Å². The van der Waals surface area contributed by atoms with E-state index >= 15 is 0 Å². The molecule has 2 aliphatic heterocycles. The fourth-order valence-electron chi connectivity index (χ4n) is 3.55. The highest BCUT2D eigenvalue weighted by atomic mass is 16.5. The molecule has 0 unspecified atom stereocenters. The summed E-state index contributed by atoms with van der Waals surface area (Å²) in [6.07, 6.45) is 5.92.